The standard InChI is InChI=1S/C21H20Cl2O5/c1-12-3-7-14(8-4-12)16(24)17(25)19-20(27,11-21(22,23)28-19)18(26)15-9-5-13(2)6-10-15/h3-10,17,19,25,27H,11H2,1-2H3/t17?,19-,20-/m1/s1. The molecule has 2 aromatic rings. The highest BCUT2D eigenvalue weighted by Crippen LogP contribution is 2.46. The smallest absolute Gasteiger partial charge is 0.221 e. The van der Waals surface area contributed by atoms with Crippen molar-refractivity contribution in [2.24, 2.45) is 0 Å². The maximum atomic E-state index is 13.0. The van der Waals surface area contributed by atoms with E-state index in [1.54, 1.807) is 48.5 Å². The molecule has 2 N–H and O–H groups in total. The Bertz CT molecular complexity index is 892. The van der Waals surface area contributed by atoms with Crippen LogP contribution in [0, 0.1) is 13.8 Å². The largest absolute Gasteiger partial charge is 0.382 e. The van der Waals surface area contributed by atoms with Gasteiger partial charge in [-0.25, -0.2) is 0 Å². The van der Waals surface area contributed by atoms with Crippen LogP contribution in [0.2, 0.25) is 0 Å². The van der Waals surface area contributed by atoms with Gasteiger partial charge in [0.1, 0.15) is 12.2 Å². The van der Waals surface area contributed by atoms with Gasteiger partial charge in [0.25, 0.3) is 0 Å². The van der Waals surface area contributed by atoms with Crippen LogP contribution in [0.3, 0.4) is 0 Å². The highest BCUT2D eigenvalue weighted by molar-refractivity contribution is 6.47. The van der Waals surface area contributed by atoms with Crippen LogP contribution >= 0.6 is 23.2 Å². The molecule has 148 valence electrons. The third-order valence-electron chi connectivity index (χ3n) is 4.84. The molecule has 5 nitrogen and oxygen atoms in total. The molecule has 28 heavy (non-hydrogen) atoms. The lowest BCUT2D eigenvalue weighted by Crippen LogP contribution is -2.53. The van der Waals surface area contributed by atoms with Crippen molar-refractivity contribution in [1.29, 1.82) is 0 Å². The fourth-order valence-electron chi connectivity index (χ4n) is 3.26. The number of carbonyl (C=O) groups excluding carboxylic acids is 2. The molecule has 3 rings (SSSR count). The highest BCUT2D eigenvalue weighted by atomic mass is 35.5. The van der Waals surface area contributed by atoms with E-state index in [0.29, 0.717) is 0 Å². The van der Waals surface area contributed by atoms with Gasteiger partial charge in [-0.2, -0.15) is 0 Å². The molecule has 0 saturated carbocycles. The normalized spacial score (nSPS) is 24.7. The summed E-state index contributed by atoms with van der Waals surface area (Å²) in [5, 5.41) is 21.8. The Morgan fingerprint density at radius 1 is 1.00 bits per heavy atom. The predicted molar refractivity (Wildman–Crippen MR) is 106 cm³/mol. The van der Waals surface area contributed by atoms with Crippen molar-refractivity contribution < 1.29 is 24.5 Å². The van der Waals surface area contributed by atoms with Crippen LogP contribution in [0.1, 0.15) is 38.3 Å². The summed E-state index contributed by atoms with van der Waals surface area (Å²) in [6.45, 7) is 3.72. The first-order valence-corrected chi connectivity index (χ1v) is 9.47. The second kappa shape index (κ2) is 7.58. The van der Waals surface area contributed by atoms with Gasteiger partial charge in [0.2, 0.25) is 4.52 Å². The fourth-order valence-corrected chi connectivity index (χ4v) is 3.85. The molecule has 1 heterocycles. The van der Waals surface area contributed by atoms with Gasteiger partial charge in [-0.15, -0.1) is 0 Å². The number of hydrogen-bond acceptors (Lipinski definition) is 5. The van der Waals surface area contributed by atoms with Gasteiger partial charge < -0.3 is 14.9 Å². The number of benzene rings is 2. The first-order chi connectivity index (χ1) is 13.0. The van der Waals surface area contributed by atoms with Crippen LogP contribution in [0.15, 0.2) is 48.5 Å². The number of Topliss-reactive ketones (excluding diaryl/α,β-unsaturated/α-hetero) is 2. The molecule has 0 bridgehead atoms. The second-order valence-electron chi connectivity index (χ2n) is 7.15. The van der Waals surface area contributed by atoms with Crippen molar-refractivity contribution in [3.63, 3.8) is 0 Å². The monoisotopic (exact) mass is 422 g/mol. The van der Waals surface area contributed by atoms with Crippen molar-refractivity contribution in [1.82, 2.24) is 0 Å². The molecule has 0 radical (unpaired) electrons. The summed E-state index contributed by atoms with van der Waals surface area (Å²) in [5.74, 6) is -1.43. The third-order valence-corrected chi connectivity index (χ3v) is 5.29. The molecule has 1 fully saturated rings. The zero-order valence-corrected chi connectivity index (χ0v) is 16.9. The van der Waals surface area contributed by atoms with Crippen LogP contribution in [-0.4, -0.2) is 44.1 Å². The lowest BCUT2D eigenvalue weighted by molar-refractivity contribution is -0.0759. The maximum Gasteiger partial charge on any atom is 0.221 e. The zero-order chi connectivity index (χ0) is 20.7. The Balaban J connectivity index is 1.94. The van der Waals surface area contributed by atoms with Gasteiger partial charge >= 0.3 is 0 Å². The van der Waals surface area contributed by atoms with Gasteiger partial charge in [0.15, 0.2) is 17.2 Å². The summed E-state index contributed by atoms with van der Waals surface area (Å²) >= 11 is 12.1. The van der Waals surface area contributed by atoms with Gasteiger partial charge in [0, 0.05) is 17.5 Å². The second-order valence-corrected chi connectivity index (χ2v) is 8.56. The lowest BCUT2D eigenvalue weighted by Gasteiger charge is -2.29. The van der Waals surface area contributed by atoms with E-state index in [2.05, 4.69) is 0 Å². The molecule has 1 aliphatic rings. The molecule has 1 saturated heterocycles. The summed E-state index contributed by atoms with van der Waals surface area (Å²) in [7, 11) is 0. The van der Waals surface area contributed by atoms with Crippen LogP contribution < -0.4 is 0 Å². The summed E-state index contributed by atoms with van der Waals surface area (Å²) in [4.78, 5) is 25.7. The number of aliphatic hydroxyl groups excluding tert-OH is 1. The average Bonchev–Trinajstić information content (AvgIpc) is 2.91. The van der Waals surface area contributed by atoms with Crippen LogP contribution in [-0.2, 0) is 4.74 Å². The zero-order valence-electron chi connectivity index (χ0n) is 15.4. The van der Waals surface area contributed by atoms with Crippen molar-refractivity contribution in [2.45, 2.75) is 42.6 Å². The maximum absolute atomic E-state index is 13.0. The fraction of sp³-hybridized carbons (Fsp3) is 0.333. The van der Waals surface area contributed by atoms with E-state index in [0.717, 1.165) is 11.1 Å². The van der Waals surface area contributed by atoms with Crippen molar-refractivity contribution in [3.8, 4) is 0 Å². The van der Waals surface area contributed by atoms with Crippen molar-refractivity contribution >= 4 is 34.8 Å². The quantitative estimate of drug-likeness (QED) is 0.569. The van der Waals surface area contributed by atoms with Gasteiger partial charge in [0.05, 0.1) is 0 Å². The molecule has 0 aliphatic carbocycles. The number of aryl methyl sites for hydroxylation is 2. The van der Waals surface area contributed by atoms with E-state index in [1.165, 1.54) is 0 Å². The molecular weight excluding hydrogens is 403 g/mol. The van der Waals surface area contributed by atoms with Crippen molar-refractivity contribution in [2.75, 3.05) is 0 Å². The average molecular weight is 423 g/mol. The number of rotatable bonds is 5. The van der Waals surface area contributed by atoms with Crippen LogP contribution in [0.4, 0.5) is 0 Å². The Morgan fingerprint density at radius 3 is 1.96 bits per heavy atom. The number of hydrogen-bond donors (Lipinski definition) is 2. The molecular formula is C21H20Cl2O5. The Hall–Kier alpha value is -1.76. The van der Waals surface area contributed by atoms with Gasteiger partial charge in [-0.3, -0.25) is 9.59 Å². The SMILES string of the molecule is Cc1ccc(C(=O)C(O)[C@H]2OC(Cl)(Cl)C[C@@]2(O)C(=O)c2ccc(C)cc2)cc1. The van der Waals surface area contributed by atoms with E-state index in [4.69, 9.17) is 27.9 Å². The molecule has 2 aromatic carbocycles. The Labute approximate surface area is 172 Å². The number of alkyl halides is 2. The molecule has 0 aromatic heterocycles. The number of ether oxygens (including phenoxy) is 1. The number of halogens is 2. The van der Waals surface area contributed by atoms with Crippen LogP contribution in [0.25, 0.3) is 0 Å². The highest BCUT2D eigenvalue weighted by Gasteiger charge is 2.61. The van der Waals surface area contributed by atoms with Gasteiger partial charge in [-0.1, -0.05) is 82.9 Å². The first-order valence-electron chi connectivity index (χ1n) is 8.72. The lowest BCUT2D eigenvalue weighted by atomic mass is 9.82. The minimum Gasteiger partial charge on any atom is -0.382 e. The molecule has 0 spiro atoms. The van der Waals surface area contributed by atoms with E-state index >= 15 is 0 Å². The minimum atomic E-state index is -2.27. The molecule has 1 unspecified atom stereocenters. The summed E-state index contributed by atoms with van der Waals surface area (Å²) in [5.41, 5.74) is 0.0192. The molecule has 7 heteroatoms. The number of ketones is 2. The van der Waals surface area contributed by atoms with E-state index in [1.807, 2.05) is 13.8 Å². The summed E-state index contributed by atoms with van der Waals surface area (Å²) in [6.07, 6.45) is -3.94. The third kappa shape index (κ3) is 4.00. The summed E-state index contributed by atoms with van der Waals surface area (Å²) < 4.78 is 3.43. The van der Waals surface area contributed by atoms with Crippen molar-refractivity contribution in [3.05, 3.63) is 70.8 Å². The Morgan fingerprint density at radius 2 is 1.46 bits per heavy atom. The topological polar surface area (TPSA) is 83.8 Å². The van der Waals surface area contributed by atoms with Crippen LogP contribution in [0.5, 0.6) is 0 Å². The molecule has 3 atom stereocenters. The summed E-state index contributed by atoms with van der Waals surface area (Å²) in [6, 6.07) is 13.0. The number of aliphatic hydroxyl groups is 2. The van der Waals surface area contributed by atoms with E-state index in [9.17, 15) is 19.8 Å². The number of carbonyl (C=O) groups is 2. The molecule has 0 amide bonds. The van der Waals surface area contributed by atoms with Gasteiger partial charge in [-0.05, 0) is 13.8 Å². The minimum absolute atomic E-state index is 0.197. The van der Waals surface area contributed by atoms with E-state index < -0.39 is 40.3 Å². The first kappa shape index (κ1) is 21.0. The predicted octanol–water partition coefficient (Wildman–Crippen LogP) is 3.38. The Kier molecular flexibility index (Phi) is 5.67. The molecule has 1 aliphatic heterocycles. The van der Waals surface area contributed by atoms with E-state index in [-0.39, 0.29) is 11.1 Å².